The van der Waals surface area contributed by atoms with Crippen LogP contribution in [0.15, 0.2) is 10.5 Å². The summed E-state index contributed by atoms with van der Waals surface area (Å²) >= 11 is 0. The first-order valence-electron chi connectivity index (χ1n) is 6.09. The Hall–Kier alpha value is -1.78. The molecule has 0 aromatic carbocycles. The fourth-order valence-electron chi connectivity index (χ4n) is 2.53. The Kier molecular flexibility index (Phi) is 3.41. The van der Waals surface area contributed by atoms with E-state index < -0.39 is 11.9 Å². The molecule has 0 saturated heterocycles. The molecule has 1 aliphatic rings. The molecule has 0 aliphatic heterocycles. The zero-order chi connectivity index (χ0) is 13.3. The maximum atomic E-state index is 12.0. The number of hydrogen-bond donors (Lipinski definition) is 2. The van der Waals surface area contributed by atoms with Crippen molar-refractivity contribution in [1.29, 1.82) is 0 Å². The molecule has 1 fully saturated rings. The number of nitrogens with one attached hydrogen (secondary N) is 1. The molecule has 18 heavy (non-hydrogen) atoms. The highest BCUT2D eigenvalue weighted by molar-refractivity contribution is 5.95. The number of hydrogen-bond acceptors (Lipinski definition) is 3. The average molecular weight is 251 g/mol. The number of carbonyl (C=O) groups excluding carboxylic acids is 1. The molecule has 2 atom stereocenters. The molecule has 2 unspecified atom stereocenters. The van der Waals surface area contributed by atoms with Crippen LogP contribution in [0.1, 0.15) is 41.1 Å². The summed E-state index contributed by atoms with van der Waals surface area (Å²) in [7, 11) is 0. The number of furan rings is 1. The minimum absolute atomic E-state index is 0.248. The van der Waals surface area contributed by atoms with E-state index in [1.165, 1.54) is 0 Å². The Labute approximate surface area is 105 Å². The number of amides is 1. The highest BCUT2D eigenvalue weighted by Gasteiger charge is 2.34. The molecule has 98 valence electrons. The van der Waals surface area contributed by atoms with Gasteiger partial charge < -0.3 is 14.8 Å². The summed E-state index contributed by atoms with van der Waals surface area (Å²) in [5.74, 6) is -0.309. The first kappa shape index (κ1) is 12.7. The quantitative estimate of drug-likeness (QED) is 0.859. The monoisotopic (exact) mass is 251 g/mol. The van der Waals surface area contributed by atoms with Crippen molar-refractivity contribution in [2.45, 2.75) is 39.2 Å². The second kappa shape index (κ2) is 4.84. The fraction of sp³-hybridized carbons (Fsp3) is 0.538. The molecule has 0 radical (unpaired) electrons. The largest absolute Gasteiger partial charge is 0.481 e. The molecule has 1 aliphatic carbocycles. The van der Waals surface area contributed by atoms with Crippen LogP contribution in [0.4, 0.5) is 0 Å². The van der Waals surface area contributed by atoms with E-state index in [4.69, 9.17) is 9.52 Å². The molecule has 1 aromatic rings. The SMILES string of the molecule is Cc1cc(C(=O)NC2CCCC2C(=O)O)c(C)o1. The molecule has 2 rings (SSSR count). The fourth-order valence-corrected chi connectivity index (χ4v) is 2.53. The number of rotatable bonds is 3. The van der Waals surface area contributed by atoms with Gasteiger partial charge in [0.05, 0.1) is 11.5 Å². The first-order valence-corrected chi connectivity index (χ1v) is 6.09. The van der Waals surface area contributed by atoms with Gasteiger partial charge in [0, 0.05) is 6.04 Å². The van der Waals surface area contributed by atoms with Crippen LogP contribution >= 0.6 is 0 Å². The molecule has 5 nitrogen and oxygen atoms in total. The van der Waals surface area contributed by atoms with Gasteiger partial charge in [-0.25, -0.2) is 0 Å². The van der Waals surface area contributed by atoms with Gasteiger partial charge in [0.2, 0.25) is 0 Å². The lowest BCUT2D eigenvalue weighted by atomic mass is 10.0. The normalized spacial score (nSPS) is 23.0. The van der Waals surface area contributed by atoms with E-state index in [9.17, 15) is 9.59 Å². The molecular weight excluding hydrogens is 234 g/mol. The van der Waals surface area contributed by atoms with Gasteiger partial charge in [0.25, 0.3) is 5.91 Å². The summed E-state index contributed by atoms with van der Waals surface area (Å²) in [5.41, 5.74) is 0.489. The van der Waals surface area contributed by atoms with Gasteiger partial charge in [-0.3, -0.25) is 9.59 Å². The number of aliphatic carboxylic acids is 1. The zero-order valence-electron chi connectivity index (χ0n) is 10.5. The van der Waals surface area contributed by atoms with Crippen LogP contribution in [0.5, 0.6) is 0 Å². The Morgan fingerprint density at radius 1 is 1.39 bits per heavy atom. The van der Waals surface area contributed by atoms with Gasteiger partial charge in [0.1, 0.15) is 11.5 Å². The van der Waals surface area contributed by atoms with Crippen LogP contribution in [-0.4, -0.2) is 23.0 Å². The summed E-state index contributed by atoms with van der Waals surface area (Å²) < 4.78 is 5.30. The predicted octanol–water partition coefficient (Wildman–Crippen LogP) is 1.88. The number of aryl methyl sites for hydroxylation is 2. The highest BCUT2D eigenvalue weighted by atomic mass is 16.4. The van der Waals surface area contributed by atoms with Crippen LogP contribution < -0.4 is 5.32 Å². The molecular formula is C13H17NO4. The second-order valence-corrected chi connectivity index (χ2v) is 4.78. The van der Waals surface area contributed by atoms with E-state index in [1.807, 2.05) is 0 Å². The highest BCUT2D eigenvalue weighted by Crippen LogP contribution is 2.26. The molecule has 1 heterocycles. The first-order chi connectivity index (χ1) is 8.49. The standard InChI is InChI=1S/C13H17NO4/c1-7-6-10(8(2)18-7)12(15)14-11-5-3-4-9(11)13(16)17/h6,9,11H,3-5H2,1-2H3,(H,14,15)(H,16,17). The lowest BCUT2D eigenvalue weighted by Crippen LogP contribution is -2.40. The van der Waals surface area contributed by atoms with E-state index in [1.54, 1.807) is 19.9 Å². The van der Waals surface area contributed by atoms with Crippen molar-refractivity contribution in [1.82, 2.24) is 5.32 Å². The number of carboxylic acids is 1. The maximum Gasteiger partial charge on any atom is 0.308 e. The van der Waals surface area contributed by atoms with Crippen molar-refractivity contribution in [3.63, 3.8) is 0 Å². The van der Waals surface area contributed by atoms with Crippen molar-refractivity contribution in [3.8, 4) is 0 Å². The molecule has 0 spiro atoms. The lowest BCUT2D eigenvalue weighted by Gasteiger charge is -2.17. The topological polar surface area (TPSA) is 79.5 Å². The van der Waals surface area contributed by atoms with Gasteiger partial charge in [-0.1, -0.05) is 6.42 Å². The van der Waals surface area contributed by atoms with Gasteiger partial charge >= 0.3 is 5.97 Å². The maximum absolute atomic E-state index is 12.0. The van der Waals surface area contributed by atoms with E-state index in [2.05, 4.69) is 5.32 Å². The number of carbonyl (C=O) groups is 2. The summed E-state index contributed by atoms with van der Waals surface area (Å²) in [6, 6.07) is 1.40. The second-order valence-electron chi connectivity index (χ2n) is 4.78. The molecule has 1 saturated carbocycles. The third-order valence-corrected chi connectivity index (χ3v) is 3.44. The molecule has 2 N–H and O–H groups in total. The van der Waals surface area contributed by atoms with Crippen LogP contribution in [0.3, 0.4) is 0 Å². The van der Waals surface area contributed by atoms with Crippen LogP contribution in [-0.2, 0) is 4.79 Å². The van der Waals surface area contributed by atoms with Gasteiger partial charge in [-0.05, 0) is 32.8 Å². The molecule has 0 bridgehead atoms. The minimum Gasteiger partial charge on any atom is -0.481 e. The van der Waals surface area contributed by atoms with Crippen molar-refractivity contribution >= 4 is 11.9 Å². The van der Waals surface area contributed by atoms with Crippen LogP contribution in [0, 0.1) is 19.8 Å². The summed E-state index contributed by atoms with van der Waals surface area (Å²) in [6.45, 7) is 3.50. The van der Waals surface area contributed by atoms with Crippen molar-refractivity contribution in [2.75, 3.05) is 0 Å². The molecule has 5 heteroatoms. The van der Waals surface area contributed by atoms with E-state index >= 15 is 0 Å². The third-order valence-electron chi connectivity index (χ3n) is 3.44. The molecule has 1 amide bonds. The Bertz CT molecular complexity index is 477. The summed E-state index contributed by atoms with van der Waals surface area (Å²) in [6.07, 6.45) is 2.19. The summed E-state index contributed by atoms with van der Waals surface area (Å²) in [5, 5.41) is 11.9. The Balaban J connectivity index is 2.07. The third kappa shape index (κ3) is 2.39. The van der Waals surface area contributed by atoms with Gasteiger partial charge in [-0.15, -0.1) is 0 Å². The minimum atomic E-state index is -0.835. The lowest BCUT2D eigenvalue weighted by molar-refractivity contribution is -0.142. The van der Waals surface area contributed by atoms with Crippen molar-refractivity contribution in [3.05, 3.63) is 23.2 Å². The number of carboxylic acid groups (broad SMARTS) is 1. The Morgan fingerprint density at radius 2 is 2.11 bits per heavy atom. The predicted molar refractivity (Wildman–Crippen MR) is 64.4 cm³/mol. The molecule has 1 aromatic heterocycles. The van der Waals surface area contributed by atoms with Crippen LogP contribution in [0.2, 0.25) is 0 Å². The van der Waals surface area contributed by atoms with E-state index in [0.717, 1.165) is 12.8 Å². The van der Waals surface area contributed by atoms with E-state index in [-0.39, 0.29) is 11.9 Å². The smallest absolute Gasteiger partial charge is 0.308 e. The van der Waals surface area contributed by atoms with Crippen LogP contribution in [0.25, 0.3) is 0 Å². The van der Waals surface area contributed by atoms with Crippen molar-refractivity contribution in [2.24, 2.45) is 5.92 Å². The Morgan fingerprint density at radius 3 is 2.67 bits per heavy atom. The van der Waals surface area contributed by atoms with E-state index in [0.29, 0.717) is 23.5 Å². The zero-order valence-corrected chi connectivity index (χ0v) is 10.5. The van der Waals surface area contributed by atoms with Crippen molar-refractivity contribution < 1.29 is 19.1 Å². The van der Waals surface area contributed by atoms with Gasteiger partial charge in [-0.2, -0.15) is 0 Å². The summed E-state index contributed by atoms with van der Waals surface area (Å²) in [4.78, 5) is 23.1. The average Bonchev–Trinajstić information content (AvgIpc) is 2.85. The van der Waals surface area contributed by atoms with Gasteiger partial charge in [0.15, 0.2) is 0 Å².